The number of methoxy groups -OCH3 is 1. The molecule has 162 valence electrons. The molecular formula is C21H27N3O6. The van der Waals surface area contributed by atoms with Crippen LogP contribution in [0.1, 0.15) is 62.7 Å². The van der Waals surface area contributed by atoms with Crippen molar-refractivity contribution in [3.63, 3.8) is 0 Å². The van der Waals surface area contributed by atoms with Crippen LogP contribution >= 0.6 is 0 Å². The molecule has 0 aliphatic rings. The van der Waals surface area contributed by atoms with E-state index >= 15 is 0 Å². The second kappa shape index (κ2) is 10.3. The van der Waals surface area contributed by atoms with Gasteiger partial charge in [0.25, 0.3) is 11.8 Å². The van der Waals surface area contributed by atoms with Crippen LogP contribution in [-0.4, -0.2) is 43.1 Å². The number of carbonyl (C=O) groups is 3. The van der Waals surface area contributed by atoms with Gasteiger partial charge in [0.05, 0.1) is 25.9 Å². The van der Waals surface area contributed by atoms with Crippen LogP contribution in [0.4, 0.5) is 0 Å². The number of rotatable bonds is 8. The molecule has 0 unspecified atom stereocenters. The number of aryl methyl sites for hydroxylation is 1. The topological polar surface area (TPSA) is 119 Å². The molecule has 0 radical (unpaired) electrons. The molecule has 2 amide bonds. The first-order chi connectivity index (χ1) is 14.3. The number of hydrogen-bond donors (Lipinski definition) is 3. The summed E-state index contributed by atoms with van der Waals surface area (Å²) in [6.45, 7) is 7.75. The molecule has 0 aliphatic heterocycles. The van der Waals surface area contributed by atoms with Gasteiger partial charge in [-0.1, -0.05) is 6.92 Å². The number of hydrogen-bond acceptors (Lipinski definition) is 6. The van der Waals surface area contributed by atoms with Crippen LogP contribution in [-0.2, 0) is 4.74 Å². The summed E-state index contributed by atoms with van der Waals surface area (Å²) in [5, 5.41) is 0. The molecule has 0 spiro atoms. The number of aromatic nitrogens is 1. The highest BCUT2D eigenvalue weighted by molar-refractivity contribution is 6.02. The Morgan fingerprint density at radius 3 is 2.37 bits per heavy atom. The molecule has 0 fully saturated rings. The zero-order valence-corrected chi connectivity index (χ0v) is 17.8. The lowest BCUT2D eigenvalue weighted by atomic mass is 10.1. The van der Waals surface area contributed by atoms with Crippen LogP contribution in [0.3, 0.4) is 0 Å². The summed E-state index contributed by atoms with van der Waals surface area (Å²) in [5.74, 6) is -0.685. The number of amides is 2. The van der Waals surface area contributed by atoms with Crippen molar-refractivity contribution >= 4 is 17.8 Å². The fourth-order valence-electron chi connectivity index (χ4n) is 2.87. The van der Waals surface area contributed by atoms with E-state index in [1.807, 2.05) is 6.92 Å². The van der Waals surface area contributed by atoms with Crippen LogP contribution < -0.4 is 20.3 Å². The fourth-order valence-corrected chi connectivity index (χ4v) is 2.87. The Balaban J connectivity index is 2.09. The number of ether oxygens (including phenoxy) is 3. The maximum Gasteiger partial charge on any atom is 0.340 e. The average molecular weight is 417 g/mol. The van der Waals surface area contributed by atoms with E-state index in [1.54, 1.807) is 32.9 Å². The first-order valence-electron chi connectivity index (χ1n) is 9.61. The Labute approximate surface area is 175 Å². The second-order valence-corrected chi connectivity index (χ2v) is 6.47. The highest BCUT2D eigenvalue weighted by atomic mass is 16.5. The predicted molar refractivity (Wildman–Crippen MR) is 110 cm³/mol. The van der Waals surface area contributed by atoms with Crippen LogP contribution in [0.25, 0.3) is 0 Å². The highest BCUT2D eigenvalue weighted by Crippen LogP contribution is 2.28. The molecule has 3 N–H and O–H groups in total. The number of esters is 1. The summed E-state index contributed by atoms with van der Waals surface area (Å²) in [4.78, 5) is 39.8. The highest BCUT2D eigenvalue weighted by Gasteiger charge is 2.23. The van der Waals surface area contributed by atoms with Crippen molar-refractivity contribution in [2.75, 3.05) is 20.3 Å². The molecule has 0 saturated carbocycles. The van der Waals surface area contributed by atoms with Gasteiger partial charge in [-0.15, -0.1) is 0 Å². The zero-order valence-electron chi connectivity index (χ0n) is 17.8. The van der Waals surface area contributed by atoms with E-state index in [0.717, 1.165) is 6.42 Å². The summed E-state index contributed by atoms with van der Waals surface area (Å²) >= 11 is 0. The lowest BCUT2D eigenvalue weighted by molar-refractivity contribution is 0.0524. The minimum Gasteiger partial charge on any atom is -0.493 e. The van der Waals surface area contributed by atoms with Crippen LogP contribution in [0.15, 0.2) is 18.2 Å². The third-order valence-electron chi connectivity index (χ3n) is 4.32. The minimum absolute atomic E-state index is 0.164. The monoisotopic (exact) mass is 417 g/mol. The van der Waals surface area contributed by atoms with Gasteiger partial charge in [-0.25, -0.2) is 4.79 Å². The lowest BCUT2D eigenvalue weighted by Crippen LogP contribution is -2.42. The summed E-state index contributed by atoms with van der Waals surface area (Å²) < 4.78 is 15.8. The van der Waals surface area contributed by atoms with Crippen LogP contribution in [0.5, 0.6) is 11.5 Å². The summed E-state index contributed by atoms with van der Waals surface area (Å²) in [5.41, 5.74) is 6.39. The number of carbonyl (C=O) groups excluding carboxylic acids is 3. The molecule has 30 heavy (non-hydrogen) atoms. The molecule has 2 aromatic rings. The van der Waals surface area contributed by atoms with Gasteiger partial charge in [-0.05, 0) is 51.0 Å². The number of nitrogens with one attached hydrogen (secondary N) is 3. The first-order valence-corrected chi connectivity index (χ1v) is 9.61. The predicted octanol–water partition coefficient (Wildman–Crippen LogP) is 2.68. The van der Waals surface area contributed by atoms with Crippen molar-refractivity contribution in [2.24, 2.45) is 0 Å². The Bertz CT molecular complexity index is 935. The van der Waals surface area contributed by atoms with Crippen LogP contribution in [0.2, 0.25) is 0 Å². The van der Waals surface area contributed by atoms with Gasteiger partial charge in [0, 0.05) is 11.3 Å². The van der Waals surface area contributed by atoms with Gasteiger partial charge < -0.3 is 19.2 Å². The van der Waals surface area contributed by atoms with Gasteiger partial charge in [-0.2, -0.15) is 0 Å². The molecule has 0 aliphatic carbocycles. The summed E-state index contributed by atoms with van der Waals surface area (Å²) in [6.07, 6.45) is 0.840. The van der Waals surface area contributed by atoms with Crippen molar-refractivity contribution < 1.29 is 28.6 Å². The lowest BCUT2D eigenvalue weighted by Gasteiger charge is -2.12. The van der Waals surface area contributed by atoms with E-state index in [4.69, 9.17) is 14.2 Å². The standard InChI is InChI=1S/C21H27N3O6/c1-6-10-30-15-9-8-14(11-16(15)28-5)19(25)23-24-20(26)18-12(3)17(13(4)22-18)21(27)29-7-2/h8-9,11,22H,6-7,10H2,1-5H3,(H,23,25)(H,24,26). The van der Waals surface area contributed by atoms with Gasteiger partial charge in [0.2, 0.25) is 0 Å². The molecule has 1 heterocycles. The quantitative estimate of drug-likeness (QED) is 0.449. The van der Waals surface area contributed by atoms with Crippen molar-refractivity contribution in [3.05, 3.63) is 46.3 Å². The van der Waals surface area contributed by atoms with Gasteiger partial charge in [-0.3, -0.25) is 20.4 Å². The van der Waals surface area contributed by atoms with E-state index in [1.165, 1.54) is 13.2 Å². The van der Waals surface area contributed by atoms with E-state index in [0.29, 0.717) is 34.9 Å². The van der Waals surface area contributed by atoms with Gasteiger partial charge in [0.1, 0.15) is 5.69 Å². The molecule has 9 nitrogen and oxygen atoms in total. The molecular weight excluding hydrogens is 390 g/mol. The van der Waals surface area contributed by atoms with E-state index < -0.39 is 17.8 Å². The maximum absolute atomic E-state index is 12.5. The SMILES string of the molecule is CCCOc1ccc(C(=O)NNC(=O)c2[nH]c(C)c(C(=O)OCC)c2C)cc1OC. The van der Waals surface area contributed by atoms with Gasteiger partial charge >= 0.3 is 5.97 Å². The molecule has 0 bridgehead atoms. The number of hydrazine groups is 1. The number of H-pyrrole nitrogens is 1. The van der Waals surface area contributed by atoms with E-state index in [2.05, 4.69) is 15.8 Å². The van der Waals surface area contributed by atoms with Crippen molar-refractivity contribution in [1.29, 1.82) is 0 Å². The van der Waals surface area contributed by atoms with Gasteiger partial charge in [0.15, 0.2) is 11.5 Å². The van der Waals surface area contributed by atoms with Crippen molar-refractivity contribution in [1.82, 2.24) is 15.8 Å². The Kier molecular flexibility index (Phi) is 7.85. The first kappa shape index (κ1) is 22.8. The normalized spacial score (nSPS) is 10.3. The Morgan fingerprint density at radius 2 is 1.73 bits per heavy atom. The van der Waals surface area contributed by atoms with Crippen molar-refractivity contribution in [3.8, 4) is 11.5 Å². The molecule has 2 rings (SSSR count). The maximum atomic E-state index is 12.5. The zero-order chi connectivity index (χ0) is 22.3. The minimum atomic E-state index is -0.589. The average Bonchev–Trinajstić information content (AvgIpc) is 3.04. The molecule has 0 atom stereocenters. The summed E-state index contributed by atoms with van der Waals surface area (Å²) in [7, 11) is 1.48. The largest absolute Gasteiger partial charge is 0.493 e. The van der Waals surface area contributed by atoms with Crippen LogP contribution in [0, 0.1) is 13.8 Å². The Hall–Kier alpha value is -3.49. The molecule has 1 aromatic carbocycles. The van der Waals surface area contributed by atoms with E-state index in [-0.39, 0.29) is 17.9 Å². The third-order valence-corrected chi connectivity index (χ3v) is 4.32. The van der Waals surface area contributed by atoms with Crippen molar-refractivity contribution in [2.45, 2.75) is 34.1 Å². The molecule has 0 saturated heterocycles. The summed E-state index contributed by atoms with van der Waals surface area (Å²) in [6, 6.07) is 4.72. The second-order valence-electron chi connectivity index (χ2n) is 6.47. The third kappa shape index (κ3) is 5.11. The fraction of sp³-hybridized carbons (Fsp3) is 0.381. The number of aromatic amines is 1. The number of benzene rings is 1. The molecule has 9 heteroatoms. The van der Waals surface area contributed by atoms with E-state index in [9.17, 15) is 14.4 Å². The smallest absolute Gasteiger partial charge is 0.340 e. The molecule has 1 aromatic heterocycles. The Morgan fingerprint density at radius 1 is 1.03 bits per heavy atom.